The zero-order valence-corrected chi connectivity index (χ0v) is 32.2. The molecule has 0 fully saturated rings. The fourth-order valence-electron chi connectivity index (χ4n) is 7.83. The second kappa shape index (κ2) is 21.1. The third-order valence-electron chi connectivity index (χ3n) is 10.6. The molecule has 3 heterocycles. The number of anilines is 1. The van der Waals surface area contributed by atoms with Gasteiger partial charge in [-0.3, -0.25) is 0 Å². The van der Waals surface area contributed by atoms with E-state index in [9.17, 15) is 10.5 Å². The smallest absolute Gasteiger partial charge is 0.222 e. The van der Waals surface area contributed by atoms with Crippen molar-refractivity contribution in [1.29, 1.82) is 10.5 Å². The summed E-state index contributed by atoms with van der Waals surface area (Å²) in [6.07, 6.45) is 10.2. The van der Waals surface area contributed by atoms with E-state index in [2.05, 4.69) is 133 Å². The summed E-state index contributed by atoms with van der Waals surface area (Å²) in [4.78, 5) is 2.34. The second-order valence-corrected chi connectivity index (χ2v) is 14.2. The van der Waals surface area contributed by atoms with Crippen molar-refractivity contribution in [1.82, 2.24) is 4.57 Å². The van der Waals surface area contributed by atoms with Crippen LogP contribution < -0.4 is 9.64 Å². The lowest BCUT2D eigenvalue weighted by Crippen LogP contribution is -2.22. The van der Waals surface area contributed by atoms with Gasteiger partial charge in [0.05, 0.1) is 12.5 Å². The van der Waals surface area contributed by atoms with E-state index in [1.807, 2.05) is 25.1 Å². The number of nitriles is 2. The van der Waals surface area contributed by atoms with Gasteiger partial charge in [0.25, 0.3) is 0 Å². The lowest BCUT2D eigenvalue weighted by Gasteiger charge is -2.27. The molecular formula is C54H67N4O2+. The summed E-state index contributed by atoms with van der Waals surface area (Å²) in [7, 11) is 0. The van der Waals surface area contributed by atoms with Crippen LogP contribution >= 0.6 is 0 Å². The van der Waals surface area contributed by atoms with Crippen LogP contribution in [0.1, 0.15) is 105 Å². The van der Waals surface area contributed by atoms with E-state index in [0.717, 1.165) is 48.5 Å². The van der Waals surface area contributed by atoms with Crippen LogP contribution in [0.5, 0.6) is 5.75 Å². The Labute approximate surface area is 365 Å². The highest BCUT2D eigenvalue weighted by molar-refractivity contribution is 6.08. The minimum atomic E-state index is -0.0453. The quantitative estimate of drug-likeness (QED) is 0.0798. The number of aromatic nitrogens is 1. The summed E-state index contributed by atoms with van der Waals surface area (Å²) in [5.41, 5.74) is 8.67. The highest BCUT2D eigenvalue weighted by Crippen LogP contribution is 2.39. The molecule has 2 aliphatic heterocycles. The molecule has 0 amide bonds. The Morgan fingerprint density at radius 1 is 0.850 bits per heavy atom. The van der Waals surface area contributed by atoms with Gasteiger partial charge in [-0.1, -0.05) is 97.3 Å². The molecule has 6 heteroatoms. The summed E-state index contributed by atoms with van der Waals surface area (Å²) >= 11 is 0. The van der Waals surface area contributed by atoms with Crippen molar-refractivity contribution in [2.75, 3.05) is 11.4 Å². The number of fused-ring (bicyclic) bond motifs is 4. The molecule has 0 radical (unpaired) electrons. The second-order valence-electron chi connectivity index (χ2n) is 14.2. The van der Waals surface area contributed by atoms with E-state index in [0.29, 0.717) is 29.1 Å². The molecule has 60 heavy (non-hydrogen) atoms. The summed E-state index contributed by atoms with van der Waals surface area (Å²) < 4.78 is 14.9. The average Bonchev–Trinajstić information content (AvgIpc) is 3.56. The average molecular weight is 804 g/mol. The maximum Gasteiger partial charge on any atom is 0.222 e. The van der Waals surface area contributed by atoms with Crippen LogP contribution in [0.2, 0.25) is 0 Å². The number of allylic oxidation sites excluding steroid dienone is 9. The molecule has 0 bridgehead atoms. The summed E-state index contributed by atoms with van der Waals surface area (Å²) in [5, 5.41) is 21.6. The van der Waals surface area contributed by atoms with Gasteiger partial charge < -0.3 is 18.9 Å². The summed E-state index contributed by atoms with van der Waals surface area (Å²) in [6.45, 7) is 15.9. The van der Waals surface area contributed by atoms with Gasteiger partial charge in [-0.2, -0.15) is 10.5 Å². The number of hydrogen-bond donors (Lipinski definition) is 0. The first kappa shape index (κ1) is 47.3. The Bertz CT molecular complexity index is 2590. The predicted octanol–water partition coefficient (Wildman–Crippen LogP) is 15.3. The predicted molar refractivity (Wildman–Crippen MR) is 261 cm³/mol. The largest absolute Gasteiger partial charge is 0.457 e. The van der Waals surface area contributed by atoms with Gasteiger partial charge in [-0.15, -0.1) is 0 Å². The molecule has 2 aliphatic rings. The van der Waals surface area contributed by atoms with Crippen LogP contribution in [0.4, 0.5) is 5.69 Å². The van der Waals surface area contributed by atoms with Gasteiger partial charge >= 0.3 is 0 Å². The lowest BCUT2D eigenvalue weighted by atomic mass is 9.89. The Hall–Kier alpha value is -7.03. The molecule has 0 saturated carbocycles. The monoisotopic (exact) mass is 804 g/mol. The number of hydrogen-bond acceptors (Lipinski definition) is 5. The third-order valence-corrected chi connectivity index (χ3v) is 10.6. The molecule has 0 N–H and O–H groups in total. The van der Waals surface area contributed by atoms with Gasteiger partial charge in [-0.05, 0) is 92.6 Å². The standard InChI is InChI=1S/C50H43N4O2.4CH4.4H2/c1-6-9-14-42-27-39(40(31-51)32-52)28-44(55-42)30-43-25-34(4)45-24-23-41(29-50(45)56-43)53(8-3)33-36-19-21-38(22-20-36)37(7-2)26-35(5)54-48-17-12-10-15-46(48)47-16-11-13-18-49(47)54;;;;;;;;/h1,6,10-13,15-25,27-30,35,37H,7-8,26,33H2,2-5H3;4*1H4;4*1H/q+1;;;;;;;;/b43-30+;;;;;;;;. The van der Waals surface area contributed by atoms with E-state index in [1.54, 1.807) is 18.2 Å². The Morgan fingerprint density at radius 2 is 1.50 bits per heavy atom. The number of para-hydroxylation sites is 2. The molecule has 314 valence electrons. The number of ether oxygens (including phenoxy) is 2. The normalized spacial score (nSPS) is 14.1. The summed E-state index contributed by atoms with van der Waals surface area (Å²) in [5.74, 6) is 7.84. The van der Waals surface area contributed by atoms with Crippen LogP contribution in [0.15, 0.2) is 150 Å². The van der Waals surface area contributed by atoms with E-state index < -0.39 is 0 Å². The molecule has 6 nitrogen and oxygen atoms in total. The van der Waals surface area contributed by atoms with Crippen LogP contribution in [0, 0.1) is 41.1 Å². The first-order valence-corrected chi connectivity index (χ1v) is 19.1. The number of rotatable bonds is 10. The molecular weight excluding hydrogens is 737 g/mol. The molecule has 1 aromatic heterocycles. The Morgan fingerprint density at radius 3 is 2.10 bits per heavy atom. The molecule has 0 saturated heterocycles. The lowest BCUT2D eigenvalue weighted by molar-refractivity contribution is 0.331. The molecule has 2 unspecified atom stereocenters. The number of nitrogens with zero attached hydrogens (tertiary/aromatic N) is 4. The van der Waals surface area contributed by atoms with E-state index in [4.69, 9.17) is 16.1 Å². The zero-order valence-electron chi connectivity index (χ0n) is 32.2. The van der Waals surface area contributed by atoms with E-state index >= 15 is 0 Å². The highest BCUT2D eigenvalue weighted by Gasteiger charge is 2.22. The van der Waals surface area contributed by atoms with Gasteiger partial charge in [0.1, 0.15) is 35.0 Å². The molecule has 2 atom stereocenters. The Kier molecular flexibility index (Phi) is 16.7. The fourth-order valence-corrected chi connectivity index (χ4v) is 7.83. The zero-order chi connectivity index (χ0) is 39.2. The van der Waals surface area contributed by atoms with Gasteiger partial charge in [-0.25, -0.2) is 0 Å². The first-order chi connectivity index (χ1) is 27.3. The molecule has 0 aliphatic carbocycles. The maximum atomic E-state index is 9.49. The van der Waals surface area contributed by atoms with Crippen LogP contribution in [0.25, 0.3) is 27.4 Å². The van der Waals surface area contributed by atoms with Crippen molar-refractivity contribution < 1.29 is 15.2 Å². The van der Waals surface area contributed by atoms with Gasteiger partial charge in [0, 0.05) is 81.7 Å². The van der Waals surface area contributed by atoms with Crippen molar-refractivity contribution in [2.24, 2.45) is 0 Å². The first-order valence-electron chi connectivity index (χ1n) is 19.1. The van der Waals surface area contributed by atoms with Crippen molar-refractivity contribution >= 4 is 33.1 Å². The van der Waals surface area contributed by atoms with Crippen molar-refractivity contribution in [3.05, 3.63) is 173 Å². The highest BCUT2D eigenvalue weighted by atomic mass is 16.5. The van der Waals surface area contributed by atoms with Gasteiger partial charge in [0.2, 0.25) is 6.08 Å². The maximum absolute atomic E-state index is 9.49. The van der Waals surface area contributed by atoms with E-state index in [-0.39, 0.29) is 46.7 Å². The van der Waals surface area contributed by atoms with Crippen LogP contribution in [-0.4, -0.2) is 11.1 Å². The Balaban J connectivity index is 0. The van der Waals surface area contributed by atoms with Crippen LogP contribution in [0.3, 0.4) is 0 Å². The third kappa shape index (κ3) is 9.80. The SMILES string of the molecule is C.C.C.C.[CH+]=CC#CC1=CC(=C(C#N)C#N)C=C(/C=C2\C=C(C)c3ccc(N(CC)Cc4ccc(C(CC)CC(C)n5c6ccccc6c6ccccc65)cc4)cc3O2)O1.[HH].[HH].[HH].[HH]. The minimum absolute atomic E-state index is 0. The van der Waals surface area contributed by atoms with Crippen molar-refractivity contribution in [2.45, 2.75) is 88.7 Å². The summed E-state index contributed by atoms with van der Waals surface area (Å²) in [6, 6.07) is 37.2. The van der Waals surface area contributed by atoms with Crippen LogP contribution in [-0.2, 0) is 11.3 Å². The molecule has 5 aromatic rings. The molecule has 4 aromatic carbocycles. The van der Waals surface area contributed by atoms with E-state index in [1.165, 1.54) is 39.0 Å². The topological polar surface area (TPSA) is 74.2 Å². The number of benzene rings is 4. The molecule has 0 spiro atoms. The minimum Gasteiger partial charge on any atom is -0.457 e. The van der Waals surface area contributed by atoms with Crippen molar-refractivity contribution in [3.63, 3.8) is 0 Å². The fraction of sp³-hybridized carbons (Fsp3) is 0.259. The van der Waals surface area contributed by atoms with Gasteiger partial charge in [0.15, 0.2) is 11.7 Å². The molecule has 7 rings (SSSR count). The van der Waals surface area contributed by atoms with Crippen molar-refractivity contribution in [3.8, 4) is 29.7 Å².